The number of sulfonamides is 1. The Hall–Kier alpha value is -1.20. The summed E-state index contributed by atoms with van der Waals surface area (Å²) >= 11 is 0. The minimum Gasteiger partial charge on any atom is -0.294 e. The largest absolute Gasteiger partial charge is 0.294 e. The molecule has 0 aliphatic carbocycles. The number of hydrogen-bond acceptors (Lipinski definition) is 3. The van der Waals surface area contributed by atoms with Crippen LogP contribution in [-0.2, 0) is 10.0 Å². The maximum Gasteiger partial charge on any atom is 0.214 e. The zero-order chi connectivity index (χ0) is 16.3. The molecular formula is C17H25NO3S. The number of rotatable bonds is 5. The monoisotopic (exact) mass is 323 g/mol. The van der Waals surface area contributed by atoms with Crippen LogP contribution >= 0.6 is 0 Å². The molecule has 1 fully saturated rings. The molecule has 0 bridgehead atoms. The van der Waals surface area contributed by atoms with Gasteiger partial charge in [-0.3, -0.25) is 4.79 Å². The van der Waals surface area contributed by atoms with E-state index in [1.54, 1.807) is 4.31 Å². The summed E-state index contributed by atoms with van der Waals surface area (Å²) in [7, 11) is -3.14. The van der Waals surface area contributed by atoms with Gasteiger partial charge in [0, 0.05) is 24.6 Å². The van der Waals surface area contributed by atoms with Crippen molar-refractivity contribution in [3.63, 3.8) is 0 Å². The van der Waals surface area contributed by atoms with Gasteiger partial charge in [0.25, 0.3) is 0 Å². The number of carbonyl (C=O) groups is 1. The summed E-state index contributed by atoms with van der Waals surface area (Å²) in [5.74, 6) is 0.286. The third kappa shape index (κ3) is 3.76. The Morgan fingerprint density at radius 2 is 1.82 bits per heavy atom. The van der Waals surface area contributed by atoms with Gasteiger partial charge in [0.1, 0.15) is 0 Å². The first-order valence-electron chi connectivity index (χ1n) is 7.94. The Morgan fingerprint density at radius 3 is 2.36 bits per heavy atom. The van der Waals surface area contributed by atoms with Crippen molar-refractivity contribution in [1.29, 1.82) is 0 Å². The molecule has 2 rings (SSSR count). The normalized spacial score (nSPS) is 17.6. The second-order valence-electron chi connectivity index (χ2n) is 6.15. The van der Waals surface area contributed by atoms with Crippen molar-refractivity contribution < 1.29 is 13.2 Å². The fourth-order valence-electron chi connectivity index (χ4n) is 2.91. The van der Waals surface area contributed by atoms with Crippen molar-refractivity contribution in [3.8, 4) is 0 Å². The van der Waals surface area contributed by atoms with Crippen LogP contribution < -0.4 is 0 Å². The molecule has 0 radical (unpaired) electrons. The highest BCUT2D eigenvalue weighted by Crippen LogP contribution is 2.24. The number of piperidine rings is 1. The second-order valence-corrected chi connectivity index (χ2v) is 8.24. The summed E-state index contributed by atoms with van der Waals surface area (Å²) in [6.07, 6.45) is 1.87. The van der Waals surface area contributed by atoms with Gasteiger partial charge in [0.05, 0.1) is 5.75 Å². The molecule has 22 heavy (non-hydrogen) atoms. The molecular weight excluding hydrogens is 298 g/mol. The summed E-state index contributed by atoms with van der Waals surface area (Å²) in [6, 6.07) is 5.80. The highest BCUT2D eigenvalue weighted by atomic mass is 32.2. The van der Waals surface area contributed by atoms with Gasteiger partial charge in [0.2, 0.25) is 10.0 Å². The highest BCUT2D eigenvalue weighted by Gasteiger charge is 2.30. The lowest BCUT2D eigenvalue weighted by Gasteiger charge is -2.30. The Labute approximate surface area is 133 Å². The van der Waals surface area contributed by atoms with Crippen LogP contribution in [0.15, 0.2) is 18.2 Å². The van der Waals surface area contributed by atoms with Gasteiger partial charge in [-0.1, -0.05) is 19.1 Å². The molecule has 0 unspecified atom stereocenters. The third-order valence-corrected chi connectivity index (χ3v) is 6.55. The summed E-state index contributed by atoms with van der Waals surface area (Å²) in [5, 5.41) is 0. The molecule has 5 heteroatoms. The summed E-state index contributed by atoms with van der Waals surface area (Å²) in [5.41, 5.74) is 3.05. The van der Waals surface area contributed by atoms with Crippen LogP contribution in [0.1, 0.15) is 47.7 Å². The van der Waals surface area contributed by atoms with E-state index < -0.39 is 10.0 Å². The SMILES string of the molecule is CCCS(=O)(=O)N1CCC(C(=O)c2ccc(C)c(C)c2)CC1. The molecule has 0 aromatic heterocycles. The van der Waals surface area contributed by atoms with Crippen LogP contribution in [0.25, 0.3) is 0 Å². The van der Waals surface area contributed by atoms with Crippen molar-refractivity contribution in [2.24, 2.45) is 5.92 Å². The lowest BCUT2D eigenvalue weighted by molar-refractivity contribution is 0.0875. The van der Waals surface area contributed by atoms with E-state index >= 15 is 0 Å². The van der Waals surface area contributed by atoms with Crippen molar-refractivity contribution in [2.75, 3.05) is 18.8 Å². The minimum absolute atomic E-state index is 0.0600. The van der Waals surface area contributed by atoms with Gasteiger partial charge in [-0.2, -0.15) is 0 Å². The smallest absolute Gasteiger partial charge is 0.214 e. The average molecular weight is 323 g/mol. The lowest BCUT2D eigenvalue weighted by atomic mass is 9.88. The maximum atomic E-state index is 12.6. The fourth-order valence-corrected chi connectivity index (χ4v) is 4.45. The number of benzene rings is 1. The van der Waals surface area contributed by atoms with Crippen LogP contribution in [0.5, 0.6) is 0 Å². The summed E-state index contributed by atoms with van der Waals surface area (Å²) in [6.45, 7) is 6.83. The van der Waals surface area contributed by atoms with E-state index in [-0.39, 0.29) is 17.5 Å². The predicted octanol–water partition coefficient (Wildman–Crippen LogP) is 2.94. The molecule has 1 saturated heterocycles. The molecule has 1 aromatic carbocycles. The van der Waals surface area contributed by atoms with Gasteiger partial charge in [-0.05, 0) is 50.3 Å². The van der Waals surface area contributed by atoms with Crippen LogP contribution in [0.4, 0.5) is 0 Å². The van der Waals surface area contributed by atoms with E-state index in [0.717, 1.165) is 11.1 Å². The Kier molecular flexibility index (Phi) is 5.40. The zero-order valence-electron chi connectivity index (χ0n) is 13.6. The standard InChI is InChI=1S/C17H25NO3S/c1-4-11-22(20,21)18-9-7-15(8-10-18)17(19)16-6-5-13(2)14(3)12-16/h5-6,12,15H,4,7-11H2,1-3H3. The van der Waals surface area contributed by atoms with Gasteiger partial charge < -0.3 is 0 Å². The summed E-state index contributed by atoms with van der Waals surface area (Å²) in [4.78, 5) is 12.6. The molecule has 1 aromatic rings. The number of carbonyl (C=O) groups excluding carboxylic acids is 1. The van der Waals surface area contributed by atoms with Crippen molar-refractivity contribution in [1.82, 2.24) is 4.31 Å². The second kappa shape index (κ2) is 6.92. The van der Waals surface area contributed by atoms with E-state index in [0.29, 0.717) is 32.4 Å². The molecule has 1 aliphatic heterocycles. The Balaban J connectivity index is 2.02. The molecule has 0 atom stereocenters. The first-order chi connectivity index (χ1) is 10.3. The van der Waals surface area contributed by atoms with Gasteiger partial charge in [0.15, 0.2) is 5.78 Å². The number of ketones is 1. The molecule has 4 nitrogen and oxygen atoms in total. The average Bonchev–Trinajstić information content (AvgIpc) is 2.49. The van der Waals surface area contributed by atoms with Crippen molar-refractivity contribution >= 4 is 15.8 Å². The van der Waals surface area contributed by atoms with Gasteiger partial charge >= 0.3 is 0 Å². The Bertz CT molecular complexity index is 644. The van der Waals surface area contributed by atoms with Gasteiger partial charge in [-0.25, -0.2) is 12.7 Å². The molecule has 1 aliphatic rings. The Morgan fingerprint density at radius 1 is 1.18 bits per heavy atom. The zero-order valence-corrected chi connectivity index (χ0v) is 14.4. The van der Waals surface area contributed by atoms with Crippen LogP contribution in [0.2, 0.25) is 0 Å². The third-order valence-electron chi connectivity index (χ3n) is 4.47. The molecule has 0 spiro atoms. The quantitative estimate of drug-likeness (QED) is 0.783. The van der Waals surface area contributed by atoms with E-state index in [2.05, 4.69) is 0 Å². The van der Waals surface area contributed by atoms with E-state index in [1.807, 2.05) is 39.0 Å². The number of aryl methyl sites for hydroxylation is 2. The van der Waals surface area contributed by atoms with Crippen LogP contribution in [0, 0.1) is 19.8 Å². The van der Waals surface area contributed by atoms with Gasteiger partial charge in [-0.15, -0.1) is 0 Å². The molecule has 0 amide bonds. The lowest BCUT2D eigenvalue weighted by Crippen LogP contribution is -2.41. The molecule has 0 saturated carbocycles. The number of nitrogens with zero attached hydrogens (tertiary/aromatic N) is 1. The first-order valence-corrected chi connectivity index (χ1v) is 9.55. The molecule has 122 valence electrons. The fraction of sp³-hybridized carbons (Fsp3) is 0.588. The van der Waals surface area contributed by atoms with Crippen LogP contribution in [0.3, 0.4) is 0 Å². The highest BCUT2D eigenvalue weighted by molar-refractivity contribution is 7.89. The van der Waals surface area contributed by atoms with Crippen molar-refractivity contribution in [3.05, 3.63) is 34.9 Å². The van der Waals surface area contributed by atoms with Crippen molar-refractivity contribution in [2.45, 2.75) is 40.0 Å². The van der Waals surface area contributed by atoms with E-state index in [9.17, 15) is 13.2 Å². The molecule has 0 N–H and O–H groups in total. The first kappa shape index (κ1) is 17.2. The topological polar surface area (TPSA) is 54.5 Å². The maximum absolute atomic E-state index is 12.6. The molecule has 1 heterocycles. The van der Waals surface area contributed by atoms with Crippen LogP contribution in [-0.4, -0.2) is 37.3 Å². The minimum atomic E-state index is -3.14. The predicted molar refractivity (Wildman–Crippen MR) is 88.6 cm³/mol. The van der Waals surface area contributed by atoms with E-state index in [4.69, 9.17) is 0 Å². The summed E-state index contributed by atoms with van der Waals surface area (Å²) < 4.78 is 25.7. The number of Topliss-reactive ketones (excluding diaryl/α,β-unsaturated/α-hetero) is 1. The van der Waals surface area contributed by atoms with E-state index in [1.165, 1.54) is 5.56 Å². The number of hydrogen-bond donors (Lipinski definition) is 0.